The Hall–Kier alpha value is -1.40. The molecule has 20 heavy (non-hydrogen) atoms. The van der Waals surface area contributed by atoms with E-state index in [1.54, 1.807) is 0 Å². The van der Waals surface area contributed by atoms with E-state index >= 15 is 0 Å². The van der Waals surface area contributed by atoms with Gasteiger partial charge in [0.2, 0.25) is 0 Å². The van der Waals surface area contributed by atoms with E-state index in [0.29, 0.717) is 26.2 Å². The quantitative estimate of drug-likeness (QED) is 0.759. The number of aliphatic hydroxyl groups is 1. The van der Waals surface area contributed by atoms with E-state index in [9.17, 15) is 5.11 Å². The Balaban J connectivity index is 2.19. The van der Waals surface area contributed by atoms with E-state index in [0.717, 1.165) is 23.0 Å². The predicted octanol–water partition coefficient (Wildman–Crippen LogP) is 1.51. The van der Waals surface area contributed by atoms with Gasteiger partial charge < -0.3 is 20.5 Å². The number of nitrogens with zero attached hydrogens (tertiary/aromatic N) is 2. The van der Waals surface area contributed by atoms with Gasteiger partial charge in [-0.1, -0.05) is 13.8 Å². The van der Waals surface area contributed by atoms with Crippen molar-refractivity contribution in [3.05, 3.63) is 11.4 Å². The summed E-state index contributed by atoms with van der Waals surface area (Å²) in [5.41, 5.74) is 0.161. The third-order valence-corrected chi connectivity index (χ3v) is 3.58. The van der Waals surface area contributed by atoms with Gasteiger partial charge in [-0.05, 0) is 6.92 Å². The molecule has 0 aromatic carbocycles. The number of nitrogens with one attached hydrogen (secondary N) is 2. The average Bonchev–Trinajstić information content (AvgIpc) is 2.84. The van der Waals surface area contributed by atoms with Gasteiger partial charge in [0.05, 0.1) is 6.61 Å². The average molecular weight is 280 g/mol. The van der Waals surface area contributed by atoms with Crippen LogP contribution in [0.3, 0.4) is 0 Å². The first-order valence-electron chi connectivity index (χ1n) is 7.05. The van der Waals surface area contributed by atoms with Crippen LogP contribution in [-0.4, -0.2) is 47.5 Å². The molecule has 2 rings (SSSR count). The molecule has 112 valence electrons. The van der Waals surface area contributed by atoms with E-state index in [1.165, 1.54) is 0 Å². The highest BCUT2D eigenvalue weighted by molar-refractivity contribution is 5.57. The van der Waals surface area contributed by atoms with Gasteiger partial charge in [0.1, 0.15) is 23.1 Å². The van der Waals surface area contributed by atoms with Crippen LogP contribution in [0, 0.1) is 6.92 Å². The van der Waals surface area contributed by atoms with E-state index in [4.69, 9.17) is 4.74 Å². The van der Waals surface area contributed by atoms with Gasteiger partial charge in [-0.25, -0.2) is 9.97 Å². The highest BCUT2D eigenvalue weighted by Crippen LogP contribution is 2.24. The van der Waals surface area contributed by atoms with Crippen molar-refractivity contribution >= 4 is 11.6 Å². The lowest BCUT2D eigenvalue weighted by Gasteiger charge is -2.22. The minimum absolute atomic E-state index is 0.251. The molecule has 1 aromatic heterocycles. The Bertz CT molecular complexity index is 470. The van der Waals surface area contributed by atoms with Crippen molar-refractivity contribution < 1.29 is 9.84 Å². The third kappa shape index (κ3) is 3.19. The Morgan fingerprint density at radius 1 is 1.35 bits per heavy atom. The zero-order valence-electron chi connectivity index (χ0n) is 12.7. The topological polar surface area (TPSA) is 79.3 Å². The molecule has 1 atom stereocenters. The first-order valence-corrected chi connectivity index (χ1v) is 7.05. The van der Waals surface area contributed by atoms with Gasteiger partial charge in [-0.2, -0.15) is 0 Å². The van der Waals surface area contributed by atoms with Crippen LogP contribution in [0.2, 0.25) is 0 Å². The molecule has 0 radical (unpaired) electrons. The van der Waals surface area contributed by atoms with E-state index in [2.05, 4.69) is 34.4 Å². The summed E-state index contributed by atoms with van der Waals surface area (Å²) < 4.78 is 5.25. The van der Waals surface area contributed by atoms with Crippen molar-refractivity contribution in [2.75, 3.05) is 37.4 Å². The normalized spacial score (nSPS) is 22.3. The maximum atomic E-state index is 10.3. The summed E-state index contributed by atoms with van der Waals surface area (Å²) in [6.45, 7) is 7.51. The van der Waals surface area contributed by atoms with Crippen LogP contribution in [0.5, 0.6) is 0 Å². The molecule has 1 unspecified atom stereocenters. The minimum atomic E-state index is -0.796. The van der Waals surface area contributed by atoms with Crippen LogP contribution < -0.4 is 10.6 Å². The molecular formula is C14H24N4O2. The number of anilines is 2. The fourth-order valence-corrected chi connectivity index (χ4v) is 2.19. The van der Waals surface area contributed by atoms with E-state index in [-0.39, 0.29) is 5.92 Å². The summed E-state index contributed by atoms with van der Waals surface area (Å²) in [4.78, 5) is 9.06. The lowest BCUT2D eigenvalue weighted by atomic mass is 10.0. The summed E-state index contributed by atoms with van der Waals surface area (Å²) in [5, 5.41) is 16.6. The largest absolute Gasteiger partial charge is 0.386 e. The van der Waals surface area contributed by atoms with Gasteiger partial charge in [0.25, 0.3) is 0 Å². The molecule has 1 aliphatic rings. The maximum absolute atomic E-state index is 10.3. The van der Waals surface area contributed by atoms with Gasteiger partial charge in [-0.3, -0.25) is 0 Å². The molecular weight excluding hydrogens is 256 g/mol. The molecule has 0 amide bonds. The van der Waals surface area contributed by atoms with Gasteiger partial charge in [0.15, 0.2) is 0 Å². The Morgan fingerprint density at radius 2 is 2.05 bits per heavy atom. The Kier molecular flexibility index (Phi) is 4.45. The molecule has 0 spiro atoms. The van der Waals surface area contributed by atoms with Gasteiger partial charge in [-0.15, -0.1) is 0 Å². The fraction of sp³-hybridized carbons (Fsp3) is 0.714. The molecule has 1 aromatic rings. The molecule has 6 heteroatoms. The standard InChI is InChI=1S/C14H24N4O2/c1-9(2)11-17-12(15-4)10(3)13(18-11)16-7-14(19)5-6-20-8-14/h9,19H,5-8H2,1-4H3,(H2,15,16,17,18). The summed E-state index contributed by atoms with van der Waals surface area (Å²) in [7, 11) is 1.85. The summed E-state index contributed by atoms with van der Waals surface area (Å²) >= 11 is 0. The van der Waals surface area contributed by atoms with Crippen LogP contribution in [0.25, 0.3) is 0 Å². The van der Waals surface area contributed by atoms with Crippen molar-refractivity contribution in [3.8, 4) is 0 Å². The molecule has 2 heterocycles. The zero-order chi connectivity index (χ0) is 14.8. The van der Waals surface area contributed by atoms with Crippen LogP contribution in [-0.2, 0) is 4.74 Å². The van der Waals surface area contributed by atoms with Gasteiger partial charge in [0, 0.05) is 38.1 Å². The monoisotopic (exact) mass is 280 g/mol. The molecule has 1 saturated heterocycles. The van der Waals surface area contributed by atoms with E-state index in [1.807, 2.05) is 14.0 Å². The lowest BCUT2D eigenvalue weighted by Crippen LogP contribution is -2.37. The predicted molar refractivity (Wildman–Crippen MR) is 79.3 cm³/mol. The summed E-state index contributed by atoms with van der Waals surface area (Å²) in [6, 6.07) is 0. The summed E-state index contributed by atoms with van der Waals surface area (Å²) in [5.74, 6) is 2.63. The SMILES string of the molecule is CNc1nc(C(C)C)nc(NCC2(O)CCOC2)c1C. The second-order valence-electron chi connectivity index (χ2n) is 5.69. The van der Waals surface area contributed by atoms with Crippen LogP contribution in [0.1, 0.15) is 37.6 Å². The van der Waals surface area contributed by atoms with Crippen molar-refractivity contribution in [1.29, 1.82) is 0 Å². The smallest absolute Gasteiger partial charge is 0.135 e. The van der Waals surface area contributed by atoms with Crippen molar-refractivity contribution in [2.45, 2.75) is 38.7 Å². The molecule has 0 bridgehead atoms. The van der Waals surface area contributed by atoms with Crippen molar-refractivity contribution in [3.63, 3.8) is 0 Å². The fourth-order valence-electron chi connectivity index (χ4n) is 2.19. The second kappa shape index (κ2) is 5.93. The van der Waals surface area contributed by atoms with Crippen LogP contribution >= 0.6 is 0 Å². The van der Waals surface area contributed by atoms with E-state index < -0.39 is 5.60 Å². The van der Waals surface area contributed by atoms with Gasteiger partial charge >= 0.3 is 0 Å². The molecule has 1 fully saturated rings. The number of ether oxygens (including phenoxy) is 1. The number of hydrogen-bond donors (Lipinski definition) is 3. The number of rotatable bonds is 5. The molecule has 0 aliphatic carbocycles. The highest BCUT2D eigenvalue weighted by atomic mass is 16.5. The van der Waals surface area contributed by atoms with Crippen LogP contribution in [0.4, 0.5) is 11.6 Å². The molecule has 6 nitrogen and oxygen atoms in total. The lowest BCUT2D eigenvalue weighted by molar-refractivity contribution is 0.0381. The number of hydrogen-bond acceptors (Lipinski definition) is 6. The Labute approximate surface area is 120 Å². The zero-order valence-corrected chi connectivity index (χ0v) is 12.7. The van der Waals surface area contributed by atoms with Crippen molar-refractivity contribution in [1.82, 2.24) is 9.97 Å². The second-order valence-corrected chi connectivity index (χ2v) is 5.69. The first kappa shape index (κ1) is 15.0. The van der Waals surface area contributed by atoms with Crippen LogP contribution in [0.15, 0.2) is 0 Å². The van der Waals surface area contributed by atoms with Crippen molar-refractivity contribution in [2.24, 2.45) is 0 Å². The molecule has 0 saturated carbocycles. The Morgan fingerprint density at radius 3 is 2.60 bits per heavy atom. The first-order chi connectivity index (χ1) is 9.45. The number of aromatic nitrogens is 2. The third-order valence-electron chi connectivity index (χ3n) is 3.58. The highest BCUT2D eigenvalue weighted by Gasteiger charge is 2.32. The molecule has 3 N–H and O–H groups in total. The molecule has 1 aliphatic heterocycles. The maximum Gasteiger partial charge on any atom is 0.135 e. The minimum Gasteiger partial charge on any atom is -0.386 e. The summed E-state index contributed by atoms with van der Waals surface area (Å²) in [6.07, 6.45) is 0.653.